The first kappa shape index (κ1) is 51.1. The summed E-state index contributed by atoms with van der Waals surface area (Å²) < 4.78 is 51.7. The highest BCUT2D eigenvalue weighted by Crippen LogP contribution is 2.39. The third kappa shape index (κ3) is 15.4. The van der Waals surface area contributed by atoms with E-state index in [-0.39, 0.29) is 25.4 Å². The summed E-state index contributed by atoms with van der Waals surface area (Å²) in [5.74, 6) is 3.25. The number of aromatic carboxylic acids is 1. The van der Waals surface area contributed by atoms with Gasteiger partial charge in [-0.05, 0) is 75.5 Å². The van der Waals surface area contributed by atoms with Crippen LogP contribution in [-0.4, -0.2) is 77.1 Å². The van der Waals surface area contributed by atoms with E-state index in [0.29, 0.717) is 83.4 Å². The Bertz CT molecular complexity index is 2250. The van der Waals surface area contributed by atoms with Gasteiger partial charge in [0.1, 0.15) is 49.4 Å². The van der Waals surface area contributed by atoms with Crippen molar-refractivity contribution in [2.75, 3.05) is 66.1 Å². The molecular formula is C59H74O10. The Kier molecular flexibility index (Phi) is 20.8. The number of para-hydroxylation sites is 4. The van der Waals surface area contributed by atoms with E-state index >= 15 is 0 Å². The number of hydrogen-bond acceptors (Lipinski definition) is 9. The minimum absolute atomic E-state index is 0.105. The smallest absolute Gasteiger partial charge is 0.335 e. The summed E-state index contributed by atoms with van der Waals surface area (Å²) in [6.07, 6.45) is 16.7. The van der Waals surface area contributed by atoms with E-state index in [2.05, 4.69) is 86.6 Å². The number of carbonyl (C=O) groups is 1. The fourth-order valence-corrected chi connectivity index (χ4v) is 9.24. The Balaban J connectivity index is 1.27. The zero-order valence-corrected chi connectivity index (χ0v) is 41.2. The zero-order chi connectivity index (χ0) is 47.9. The molecule has 0 unspecified atom stereocenters. The number of fused-ring (bicyclic) bond motifs is 12. The molecule has 0 fully saturated rings. The maximum atomic E-state index is 11.8. The fourth-order valence-electron chi connectivity index (χ4n) is 9.24. The van der Waals surface area contributed by atoms with Crippen molar-refractivity contribution >= 4 is 5.97 Å². The standard InChI is InChI=1S/C59H74O10/c1-3-5-7-9-11-13-29-66-55-44-19-15-21-46(55)41-50-25-18-26-51-42-47-22-16-20-45(56(47)67-30-14-12-10-8-6-4-2)40-49-24-17-23-48(39-44)57(49)68-37-33-62-31-35-64-53-28-27-52(59(60)61)43-54(53)65-36-32-63-34-38-69-58(50)51/h15-28,43H,3-14,29-42H2,1-2H3,(H,60,61). The van der Waals surface area contributed by atoms with Gasteiger partial charge in [0, 0.05) is 25.7 Å². The number of carboxylic acids is 1. The lowest BCUT2D eigenvalue weighted by Gasteiger charge is -2.23. The SMILES string of the molecule is CCCCCCCCOc1c2cccc1Cc1cccc3c1OCCOCCOc1cc(C(=O)O)ccc1OCCOCCOc1c(cccc1Cc1cccc(c1OCCCCCCCC)C3)C2. The van der Waals surface area contributed by atoms with Crippen molar-refractivity contribution < 1.29 is 47.8 Å². The van der Waals surface area contributed by atoms with Gasteiger partial charge >= 0.3 is 5.97 Å². The van der Waals surface area contributed by atoms with Gasteiger partial charge in [-0.3, -0.25) is 0 Å². The number of unbranched alkanes of at least 4 members (excludes halogenated alkanes) is 10. The molecule has 0 spiro atoms. The van der Waals surface area contributed by atoms with E-state index < -0.39 is 5.97 Å². The summed E-state index contributed by atoms with van der Waals surface area (Å²) >= 11 is 0. The van der Waals surface area contributed by atoms with Crippen LogP contribution in [0, 0.1) is 0 Å². The van der Waals surface area contributed by atoms with Gasteiger partial charge in [0.05, 0.1) is 45.2 Å². The van der Waals surface area contributed by atoms with Crippen LogP contribution in [0.1, 0.15) is 146 Å². The van der Waals surface area contributed by atoms with Crippen LogP contribution in [0.3, 0.4) is 0 Å². The largest absolute Gasteiger partial charge is 0.493 e. The predicted octanol–water partition coefficient (Wildman–Crippen LogP) is 12.8. The molecule has 8 rings (SSSR count). The van der Waals surface area contributed by atoms with E-state index in [9.17, 15) is 9.90 Å². The fraction of sp³-hybridized carbons (Fsp3) is 0.475. The number of carboxylic acid groups (broad SMARTS) is 1. The van der Waals surface area contributed by atoms with Crippen LogP contribution in [0.5, 0.6) is 34.5 Å². The van der Waals surface area contributed by atoms with Crippen LogP contribution in [0.25, 0.3) is 0 Å². The first-order valence-corrected chi connectivity index (χ1v) is 25.7. The molecule has 10 heteroatoms. The maximum absolute atomic E-state index is 11.8. The molecular weight excluding hydrogens is 869 g/mol. The molecule has 69 heavy (non-hydrogen) atoms. The van der Waals surface area contributed by atoms with Gasteiger partial charge in [-0.15, -0.1) is 0 Å². The van der Waals surface area contributed by atoms with Crippen molar-refractivity contribution in [3.63, 3.8) is 0 Å². The van der Waals surface area contributed by atoms with Crippen LogP contribution in [0.15, 0.2) is 91.0 Å². The van der Waals surface area contributed by atoms with Crippen molar-refractivity contribution in [2.45, 2.75) is 117 Å². The van der Waals surface area contributed by atoms with Gasteiger partial charge in [-0.25, -0.2) is 4.79 Å². The van der Waals surface area contributed by atoms with Crippen LogP contribution in [-0.2, 0) is 35.2 Å². The summed E-state index contributed by atoms with van der Waals surface area (Å²) in [6.45, 7) is 8.07. The first-order chi connectivity index (χ1) is 34.0. The third-order valence-corrected chi connectivity index (χ3v) is 12.8. The summed E-state index contributed by atoms with van der Waals surface area (Å²) in [5, 5.41) is 9.69. The van der Waals surface area contributed by atoms with Crippen molar-refractivity contribution in [3.05, 3.63) is 141 Å². The van der Waals surface area contributed by atoms with E-state index in [1.54, 1.807) is 6.07 Å². The minimum atomic E-state index is -1.05. The second kappa shape index (κ2) is 28.1. The normalized spacial score (nSPS) is 14.5. The second-order valence-corrected chi connectivity index (χ2v) is 18.1. The van der Waals surface area contributed by atoms with E-state index in [0.717, 1.165) is 93.2 Å². The molecule has 1 aliphatic carbocycles. The lowest BCUT2D eigenvalue weighted by Crippen LogP contribution is -2.15. The molecule has 0 saturated heterocycles. The summed E-state index contributed by atoms with van der Waals surface area (Å²) in [6, 6.07) is 30.6. The molecule has 0 radical (unpaired) electrons. The molecule has 5 aromatic rings. The quantitative estimate of drug-likeness (QED) is 0.0701. The molecule has 0 saturated carbocycles. The van der Waals surface area contributed by atoms with E-state index in [4.69, 9.17) is 37.9 Å². The Morgan fingerprint density at radius 2 is 0.797 bits per heavy atom. The summed E-state index contributed by atoms with van der Waals surface area (Å²) in [5.41, 5.74) is 8.83. The molecule has 3 aliphatic rings. The van der Waals surface area contributed by atoms with Crippen LogP contribution in [0.2, 0.25) is 0 Å². The molecule has 5 aromatic carbocycles. The molecule has 2 heterocycles. The van der Waals surface area contributed by atoms with E-state index in [1.165, 1.54) is 63.5 Å². The average molecular weight is 943 g/mol. The molecule has 0 aromatic heterocycles. The molecule has 370 valence electrons. The van der Waals surface area contributed by atoms with Gasteiger partial charge in [-0.1, -0.05) is 151 Å². The lowest BCUT2D eigenvalue weighted by atomic mass is 9.91. The Morgan fingerprint density at radius 3 is 1.20 bits per heavy atom. The number of ether oxygens (including phenoxy) is 8. The predicted molar refractivity (Wildman–Crippen MR) is 272 cm³/mol. The third-order valence-electron chi connectivity index (χ3n) is 12.8. The van der Waals surface area contributed by atoms with Crippen molar-refractivity contribution in [2.24, 2.45) is 0 Å². The highest BCUT2D eigenvalue weighted by molar-refractivity contribution is 5.88. The van der Waals surface area contributed by atoms with Crippen LogP contribution in [0.4, 0.5) is 0 Å². The minimum Gasteiger partial charge on any atom is -0.493 e. The highest BCUT2D eigenvalue weighted by Gasteiger charge is 2.22. The monoisotopic (exact) mass is 943 g/mol. The molecule has 10 bridgehead atoms. The van der Waals surface area contributed by atoms with E-state index in [1.807, 2.05) is 0 Å². The Hall–Kier alpha value is -5.71. The van der Waals surface area contributed by atoms with Gasteiger partial charge < -0.3 is 43.0 Å². The molecule has 0 amide bonds. The van der Waals surface area contributed by atoms with Gasteiger partial charge in [-0.2, -0.15) is 0 Å². The number of rotatable bonds is 17. The average Bonchev–Trinajstić information content (AvgIpc) is 3.35. The summed E-state index contributed by atoms with van der Waals surface area (Å²) in [7, 11) is 0. The topological polar surface area (TPSA) is 111 Å². The number of hydrogen-bond donors (Lipinski definition) is 1. The number of benzene rings is 5. The zero-order valence-electron chi connectivity index (χ0n) is 41.2. The highest BCUT2D eigenvalue weighted by atomic mass is 16.6. The second-order valence-electron chi connectivity index (χ2n) is 18.1. The van der Waals surface area contributed by atoms with Crippen LogP contribution < -0.4 is 28.4 Å². The van der Waals surface area contributed by atoms with Gasteiger partial charge in [0.25, 0.3) is 0 Å². The Labute approximate surface area is 410 Å². The van der Waals surface area contributed by atoms with Crippen molar-refractivity contribution in [3.8, 4) is 34.5 Å². The first-order valence-electron chi connectivity index (χ1n) is 25.7. The van der Waals surface area contributed by atoms with Gasteiger partial charge in [0.2, 0.25) is 0 Å². The molecule has 10 nitrogen and oxygen atoms in total. The maximum Gasteiger partial charge on any atom is 0.335 e. The summed E-state index contributed by atoms with van der Waals surface area (Å²) in [4.78, 5) is 11.8. The van der Waals surface area contributed by atoms with Gasteiger partial charge in [0.15, 0.2) is 11.5 Å². The molecule has 0 atom stereocenters. The Morgan fingerprint density at radius 1 is 0.435 bits per heavy atom. The molecule has 1 N–H and O–H groups in total. The molecule has 2 aliphatic heterocycles. The lowest BCUT2D eigenvalue weighted by molar-refractivity contribution is 0.0681. The van der Waals surface area contributed by atoms with Crippen LogP contribution >= 0.6 is 0 Å². The van der Waals surface area contributed by atoms with Crippen molar-refractivity contribution in [1.29, 1.82) is 0 Å². The van der Waals surface area contributed by atoms with Crippen molar-refractivity contribution in [1.82, 2.24) is 0 Å².